The predicted molar refractivity (Wildman–Crippen MR) is 91.0 cm³/mol. The van der Waals surface area contributed by atoms with Crippen LogP contribution in [0.25, 0.3) is 0 Å². The lowest BCUT2D eigenvalue weighted by atomic mass is 9.97. The molecule has 8 heteroatoms. The maximum Gasteiger partial charge on any atom is 0.231 e. The van der Waals surface area contributed by atoms with Gasteiger partial charge in [0.15, 0.2) is 5.82 Å². The molecule has 0 amide bonds. The Balaban J connectivity index is 1.68. The van der Waals surface area contributed by atoms with E-state index in [9.17, 15) is 0 Å². The van der Waals surface area contributed by atoms with Gasteiger partial charge in [0.2, 0.25) is 5.89 Å². The van der Waals surface area contributed by atoms with Gasteiger partial charge in [-0.15, -0.1) is 0 Å². The summed E-state index contributed by atoms with van der Waals surface area (Å²) in [7, 11) is 3.36. The van der Waals surface area contributed by atoms with Crippen molar-refractivity contribution in [3.05, 3.63) is 29.7 Å². The van der Waals surface area contributed by atoms with Crippen molar-refractivity contribution in [2.75, 3.05) is 33.9 Å². The van der Waals surface area contributed by atoms with Gasteiger partial charge < -0.3 is 14.0 Å². The number of aromatic nitrogens is 4. The van der Waals surface area contributed by atoms with Crippen LogP contribution in [0.1, 0.15) is 43.1 Å². The van der Waals surface area contributed by atoms with Gasteiger partial charge in [0, 0.05) is 57.6 Å². The van der Waals surface area contributed by atoms with Crippen LogP contribution in [-0.4, -0.2) is 58.7 Å². The first kappa shape index (κ1) is 18.0. The van der Waals surface area contributed by atoms with Crippen molar-refractivity contribution < 1.29 is 14.0 Å². The van der Waals surface area contributed by atoms with Crippen molar-refractivity contribution in [1.29, 1.82) is 0 Å². The molecule has 0 aromatic carbocycles. The Hall–Kier alpha value is -1.77. The molecule has 0 radical (unpaired) electrons. The van der Waals surface area contributed by atoms with Crippen molar-refractivity contribution in [3.8, 4) is 0 Å². The third-order valence-electron chi connectivity index (χ3n) is 4.56. The SMILES string of the molecule is COCc1noc([C@@H]2CN(Cc3cnn(C(C)C)c3)C[C@H]2COC)n1. The van der Waals surface area contributed by atoms with Gasteiger partial charge in [-0.25, -0.2) is 0 Å². The summed E-state index contributed by atoms with van der Waals surface area (Å²) in [6.45, 7) is 7.97. The molecule has 3 rings (SSSR count). The summed E-state index contributed by atoms with van der Waals surface area (Å²) in [6.07, 6.45) is 4.06. The molecule has 2 aromatic rings. The Labute approximate surface area is 148 Å². The predicted octanol–water partition coefficient (Wildman–Crippen LogP) is 1.86. The molecule has 0 unspecified atom stereocenters. The minimum atomic E-state index is 0.179. The highest BCUT2D eigenvalue weighted by molar-refractivity contribution is 5.08. The van der Waals surface area contributed by atoms with Gasteiger partial charge in [-0.1, -0.05) is 5.16 Å². The van der Waals surface area contributed by atoms with Crippen molar-refractivity contribution in [1.82, 2.24) is 24.8 Å². The highest BCUT2D eigenvalue weighted by Gasteiger charge is 2.37. The van der Waals surface area contributed by atoms with Gasteiger partial charge >= 0.3 is 0 Å². The largest absolute Gasteiger partial charge is 0.384 e. The van der Waals surface area contributed by atoms with E-state index in [2.05, 4.69) is 40.2 Å². The first-order chi connectivity index (χ1) is 12.1. The van der Waals surface area contributed by atoms with Crippen LogP contribution in [-0.2, 0) is 22.6 Å². The molecule has 0 bridgehead atoms. The molecule has 2 aromatic heterocycles. The second-order valence-corrected chi connectivity index (χ2v) is 6.92. The number of ether oxygens (including phenoxy) is 2. The highest BCUT2D eigenvalue weighted by Crippen LogP contribution is 2.33. The smallest absolute Gasteiger partial charge is 0.231 e. The molecule has 0 saturated carbocycles. The summed E-state index contributed by atoms with van der Waals surface area (Å²) in [5.74, 6) is 1.78. The monoisotopic (exact) mass is 349 g/mol. The molecule has 0 N–H and O–H groups in total. The van der Waals surface area contributed by atoms with E-state index in [1.54, 1.807) is 14.2 Å². The zero-order valence-electron chi connectivity index (χ0n) is 15.4. The van der Waals surface area contributed by atoms with Gasteiger partial charge in [0.25, 0.3) is 0 Å². The molecule has 25 heavy (non-hydrogen) atoms. The average molecular weight is 349 g/mol. The Morgan fingerprint density at radius 1 is 1.28 bits per heavy atom. The third kappa shape index (κ3) is 4.26. The van der Waals surface area contributed by atoms with E-state index in [1.165, 1.54) is 5.56 Å². The molecular weight excluding hydrogens is 322 g/mol. The molecule has 1 aliphatic heterocycles. The molecule has 138 valence electrons. The Morgan fingerprint density at radius 2 is 2.12 bits per heavy atom. The van der Waals surface area contributed by atoms with Gasteiger partial charge in [0.1, 0.15) is 6.61 Å². The lowest BCUT2D eigenvalue weighted by Gasteiger charge is -2.14. The second kappa shape index (κ2) is 8.07. The molecule has 1 fully saturated rings. The van der Waals surface area contributed by atoms with E-state index < -0.39 is 0 Å². The topological polar surface area (TPSA) is 78.4 Å². The average Bonchev–Trinajstić information content (AvgIpc) is 3.28. The molecule has 3 heterocycles. The van der Waals surface area contributed by atoms with Crippen LogP contribution in [0, 0.1) is 5.92 Å². The van der Waals surface area contributed by atoms with Crippen LogP contribution in [0.3, 0.4) is 0 Å². The number of rotatable bonds is 8. The summed E-state index contributed by atoms with van der Waals surface area (Å²) in [5, 5.41) is 8.42. The maximum atomic E-state index is 5.47. The Morgan fingerprint density at radius 3 is 2.80 bits per heavy atom. The number of hydrogen-bond donors (Lipinski definition) is 0. The fourth-order valence-electron chi connectivity index (χ4n) is 3.36. The molecule has 0 spiro atoms. The first-order valence-corrected chi connectivity index (χ1v) is 8.66. The fourth-order valence-corrected chi connectivity index (χ4v) is 3.36. The first-order valence-electron chi connectivity index (χ1n) is 8.66. The highest BCUT2D eigenvalue weighted by atomic mass is 16.5. The van der Waals surface area contributed by atoms with Gasteiger partial charge in [-0.3, -0.25) is 9.58 Å². The van der Waals surface area contributed by atoms with Gasteiger partial charge in [-0.2, -0.15) is 10.1 Å². The number of nitrogens with zero attached hydrogens (tertiary/aromatic N) is 5. The number of hydrogen-bond acceptors (Lipinski definition) is 7. The maximum absolute atomic E-state index is 5.47. The standard InChI is InChI=1S/C17H27N5O3/c1-12(2)22-7-13(5-18-22)6-21-8-14(10-23-3)15(9-21)17-19-16(11-24-4)20-25-17/h5,7,12,14-15H,6,8-11H2,1-4H3/t14-,15+/m0/s1. The normalized spacial score (nSPS) is 21.5. The number of likely N-dealkylation sites (tertiary alicyclic amines) is 1. The van der Waals surface area contributed by atoms with Gasteiger partial charge in [0.05, 0.1) is 18.7 Å². The van der Waals surface area contributed by atoms with Gasteiger partial charge in [-0.05, 0) is 13.8 Å². The minimum Gasteiger partial charge on any atom is -0.384 e. The lowest BCUT2D eigenvalue weighted by molar-refractivity contribution is 0.142. The van der Waals surface area contributed by atoms with E-state index in [0.717, 1.165) is 19.6 Å². The summed E-state index contributed by atoms with van der Waals surface area (Å²) in [4.78, 5) is 6.88. The molecule has 0 aliphatic carbocycles. The van der Waals surface area contributed by atoms with Crippen LogP contribution in [0.2, 0.25) is 0 Å². The quantitative estimate of drug-likeness (QED) is 0.719. The van der Waals surface area contributed by atoms with Crippen molar-refractivity contribution in [2.45, 2.75) is 39.0 Å². The molecular formula is C17H27N5O3. The minimum absolute atomic E-state index is 0.179. The van der Waals surface area contributed by atoms with Crippen molar-refractivity contribution in [3.63, 3.8) is 0 Å². The molecule has 2 atom stereocenters. The Bertz CT molecular complexity index is 669. The van der Waals surface area contributed by atoms with Crippen LogP contribution in [0.15, 0.2) is 16.9 Å². The van der Waals surface area contributed by atoms with E-state index in [1.807, 2.05) is 10.9 Å². The zero-order valence-corrected chi connectivity index (χ0v) is 15.4. The molecule has 1 saturated heterocycles. The Kier molecular flexibility index (Phi) is 5.82. The summed E-state index contributed by atoms with van der Waals surface area (Å²) in [5.41, 5.74) is 1.22. The van der Waals surface area contributed by atoms with Crippen LogP contribution in [0.5, 0.6) is 0 Å². The van der Waals surface area contributed by atoms with Crippen LogP contribution < -0.4 is 0 Å². The molecule has 1 aliphatic rings. The van der Waals surface area contributed by atoms with E-state index in [4.69, 9.17) is 14.0 Å². The van der Waals surface area contributed by atoms with E-state index in [-0.39, 0.29) is 5.92 Å². The van der Waals surface area contributed by atoms with E-state index in [0.29, 0.717) is 36.9 Å². The third-order valence-corrected chi connectivity index (χ3v) is 4.56. The van der Waals surface area contributed by atoms with Crippen molar-refractivity contribution >= 4 is 0 Å². The van der Waals surface area contributed by atoms with Crippen LogP contribution >= 0.6 is 0 Å². The second-order valence-electron chi connectivity index (χ2n) is 6.92. The molecule has 8 nitrogen and oxygen atoms in total. The van der Waals surface area contributed by atoms with Crippen molar-refractivity contribution in [2.24, 2.45) is 5.92 Å². The number of methoxy groups -OCH3 is 2. The fraction of sp³-hybridized carbons (Fsp3) is 0.706. The lowest BCUT2D eigenvalue weighted by Crippen LogP contribution is -2.21. The van der Waals surface area contributed by atoms with E-state index >= 15 is 0 Å². The summed E-state index contributed by atoms with van der Waals surface area (Å²) in [6, 6.07) is 0.374. The zero-order chi connectivity index (χ0) is 17.8. The van der Waals surface area contributed by atoms with Crippen LogP contribution in [0.4, 0.5) is 0 Å². The summed E-state index contributed by atoms with van der Waals surface area (Å²) < 4.78 is 17.9. The summed E-state index contributed by atoms with van der Waals surface area (Å²) >= 11 is 0.